The van der Waals surface area contributed by atoms with Gasteiger partial charge in [-0.05, 0) is 48.0 Å². The molecule has 3 rings (SSSR count). The van der Waals surface area contributed by atoms with E-state index in [4.69, 9.17) is 11.6 Å². The number of aromatic nitrogens is 5. The van der Waals surface area contributed by atoms with Gasteiger partial charge in [0.2, 0.25) is 11.7 Å². The Labute approximate surface area is 143 Å². The van der Waals surface area contributed by atoms with Gasteiger partial charge in [-0.1, -0.05) is 17.7 Å². The molecule has 1 amide bonds. The average molecular weight is 343 g/mol. The monoisotopic (exact) mass is 342 g/mol. The summed E-state index contributed by atoms with van der Waals surface area (Å²) in [6.07, 6.45) is 1.70. The first kappa shape index (κ1) is 16.1. The molecule has 0 radical (unpaired) electrons. The van der Waals surface area contributed by atoms with E-state index < -0.39 is 0 Å². The molecule has 0 aliphatic carbocycles. The second-order valence-electron chi connectivity index (χ2n) is 5.19. The molecule has 0 saturated heterocycles. The first-order valence-electron chi connectivity index (χ1n) is 7.33. The molecule has 0 saturated carbocycles. The number of rotatable bonds is 5. The number of nitrogens with zero attached hydrogens (tertiary/aromatic N) is 5. The van der Waals surface area contributed by atoms with Crippen LogP contribution in [0.3, 0.4) is 0 Å². The van der Waals surface area contributed by atoms with Crippen LogP contribution in [0.2, 0.25) is 5.02 Å². The molecule has 0 atom stereocenters. The molecule has 122 valence electrons. The van der Waals surface area contributed by atoms with E-state index in [1.807, 2.05) is 19.1 Å². The molecule has 2 aromatic heterocycles. The third kappa shape index (κ3) is 3.94. The van der Waals surface area contributed by atoms with E-state index in [2.05, 4.69) is 25.7 Å². The standard InChI is InChI=1S/C16H15ClN6O/c1-11-3-2-8-18-14(11)9-19-15(24)10-23-21-16(20-22-23)12-4-6-13(17)7-5-12/h2-8H,9-10H2,1H3,(H,19,24). The van der Waals surface area contributed by atoms with Gasteiger partial charge in [-0.25, -0.2) is 0 Å². The maximum atomic E-state index is 12.0. The Morgan fingerprint density at radius 1 is 1.25 bits per heavy atom. The zero-order valence-corrected chi connectivity index (χ0v) is 13.7. The molecular weight excluding hydrogens is 328 g/mol. The summed E-state index contributed by atoms with van der Waals surface area (Å²) in [5, 5.41) is 15.5. The zero-order valence-electron chi connectivity index (χ0n) is 13.0. The maximum Gasteiger partial charge on any atom is 0.243 e. The summed E-state index contributed by atoms with van der Waals surface area (Å²) in [5.74, 6) is 0.236. The number of aryl methyl sites for hydroxylation is 1. The van der Waals surface area contributed by atoms with Gasteiger partial charge in [0.25, 0.3) is 0 Å². The number of halogens is 1. The number of nitrogens with one attached hydrogen (secondary N) is 1. The normalized spacial score (nSPS) is 10.6. The van der Waals surface area contributed by atoms with E-state index in [9.17, 15) is 4.79 Å². The number of benzene rings is 1. The summed E-state index contributed by atoms with van der Waals surface area (Å²) in [7, 11) is 0. The predicted octanol–water partition coefficient (Wildman–Crippen LogP) is 2.01. The summed E-state index contributed by atoms with van der Waals surface area (Å²) in [4.78, 5) is 17.5. The van der Waals surface area contributed by atoms with Crippen molar-refractivity contribution in [1.82, 2.24) is 30.5 Å². The SMILES string of the molecule is Cc1cccnc1CNC(=O)Cn1nnc(-c2ccc(Cl)cc2)n1. The minimum Gasteiger partial charge on any atom is -0.349 e. The molecule has 0 aliphatic heterocycles. The molecule has 2 heterocycles. The van der Waals surface area contributed by atoms with Crippen molar-refractivity contribution in [3.05, 3.63) is 58.9 Å². The fourth-order valence-corrected chi connectivity index (χ4v) is 2.22. The Morgan fingerprint density at radius 3 is 2.79 bits per heavy atom. The second-order valence-corrected chi connectivity index (χ2v) is 5.63. The van der Waals surface area contributed by atoms with E-state index in [0.717, 1.165) is 16.8 Å². The van der Waals surface area contributed by atoms with Crippen molar-refractivity contribution in [3.63, 3.8) is 0 Å². The average Bonchev–Trinajstić information content (AvgIpc) is 3.03. The summed E-state index contributed by atoms with van der Waals surface area (Å²) >= 11 is 5.85. The molecule has 0 spiro atoms. The predicted molar refractivity (Wildman–Crippen MR) is 89.1 cm³/mol. The Balaban J connectivity index is 1.59. The molecule has 0 fully saturated rings. The van der Waals surface area contributed by atoms with Gasteiger partial charge in [0, 0.05) is 16.8 Å². The van der Waals surface area contributed by atoms with Crippen LogP contribution in [0.1, 0.15) is 11.3 Å². The highest BCUT2D eigenvalue weighted by Gasteiger charge is 2.10. The minimum absolute atomic E-state index is 0.00747. The van der Waals surface area contributed by atoms with E-state index in [-0.39, 0.29) is 12.5 Å². The molecular formula is C16H15ClN6O. The van der Waals surface area contributed by atoms with Crippen LogP contribution in [0.5, 0.6) is 0 Å². The van der Waals surface area contributed by atoms with Gasteiger partial charge >= 0.3 is 0 Å². The van der Waals surface area contributed by atoms with Gasteiger partial charge in [0.1, 0.15) is 6.54 Å². The fourth-order valence-electron chi connectivity index (χ4n) is 2.09. The van der Waals surface area contributed by atoms with Gasteiger partial charge in [-0.3, -0.25) is 9.78 Å². The van der Waals surface area contributed by atoms with Crippen molar-refractivity contribution in [2.24, 2.45) is 0 Å². The fraction of sp³-hybridized carbons (Fsp3) is 0.188. The third-order valence-electron chi connectivity index (χ3n) is 3.41. The van der Waals surface area contributed by atoms with E-state index in [0.29, 0.717) is 17.4 Å². The minimum atomic E-state index is -0.208. The van der Waals surface area contributed by atoms with Crippen LogP contribution in [0.15, 0.2) is 42.6 Å². The van der Waals surface area contributed by atoms with Crippen molar-refractivity contribution in [1.29, 1.82) is 0 Å². The van der Waals surface area contributed by atoms with Gasteiger partial charge in [0.15, 0.2) is 0 Å². The lowest BCUT2D eigenvalue weighted by Crippen LogP contribution is -2.28. The summed E-state index contributed by atoms with van der Waals surface area (Å²) < 4.78 is 0. The largest absolute Gasteiger partial charge is 0.349 e. The molecule has 0 bridgehead atoms. The highest BCUT2D eigenvalue weighted by atomic mass is 35.5. The van der Waals surface area contributed by atoms with E-state index in [1.54, 1.807) is 30.5 Å². The van der Waals surface area contributed by atoms with Gasteiger partial charge in [-0.15, -0.1) is 10.2 Å². The van der Waals surface area contributed by atoms with Crippen molar-refractivity contribution in [2.75, 3.05) is 0 Å². The molecule has 7 nitrogen and oxygen atoms in total. The van der Waals surface area contributed by atoms with Gasteiger partial charge < -0.3 is 5.32 Å². The number of hydrogen-bond donors (Lipinski definition) is 1. The lowest BCUT2D eigenvalue weighted by Gasteiger charge is -2.06. The molecule has 0 unspecified atom stereocenters. The van der Waals surface area contributed by atoms with Crippen LogP contribution < -0.4 is 5.32 Å². The van der Waals surface area contributed by atoms with Crippen LogP contribution >= 0.6 is 11.6 Å². The van der Waals surface area contributed by atoms with Crippen LogP contribution in [-0.2, 0) is 17.9 Å². The number of carbonyl (C=O) groups is 1. The van der Waals surface area contributed by atoms with Crippen LogP contribution in [0, 0.1) is 6.92 Å². The zero-order chi connectivity index (χ0) is 16.9. The number of carbonyl (C=O) groups excluding carboxylic acids is 1. The summed E-state index contributed by atoms with van der Waals surface area (Å²) in [6, 6.07) is 10.9. The molecule has 1 N–H and O–H groups in total. The van der Waals surface area contributed by atoms with Crippen molar-refractivity contribution in [2.45, 2.75) is 20.0 Å². The molecule has 3 aromatic rings. The Kier molecular flexibility index (Phi) is 4.81. The molecule has 8 heteroatoms. The topological polar surface area (TPSA) is 85.6 Å². The summed E-state index contributed by atoms with van der Waals surface area (Å²) in [5.41, 5.74) is 2.65. The maximum absolute atomic E-state index is 12.0. The Hall–Kier alpha value is -2.80. The third-order valence-corrected chi connectivity index (χ3v) is 3.66. The first-order chi connectivity index (χ1) is 11.6. The highest BCUT2D eigenvalue weighted by Crippen LogP contribution is 2.16. The quantitative estimate of drug-likeness (QED) is 0.766. The lowest BCUT2D eigenvalue weighted by molar-refractivity contribution is -0.122. The lowest BCUT2D eigenvalue weighted by atomic mass is 10.2. The Bertz CT molecular complexity index is 846. The highest BCUT2D eigenvalue weighted by molar-refractivity contribution is 6.30. The van der Waals surface area contributed by atoms with Crippen molar-refractivity contribution < 1.29 is 4.79 Å². The molecule has 0 aliphatic rings. The summed E-state index contributed by atoms with van der Waals surface area (Å²) in [6.45, 7) is 2.31. The first-order valence-corrected chi connectivity index (χ1v) is 7.70. The van der Waals surface area contributed by atoms with Crippen molar-refractivity contribution >= 4 is 17.5 Å². The number of tetrazole rings is 1. The smallest absolute Gasteiger partial charge is 0.243 e. The Morgan fingerprint density at radius 2 is 2.04 bits per heavy atom. The molecule has 1 aromatic carbocycles. The van der Waals surface area contributed by atoms with Gasteiger partial charge in [-0.2, -0.15) is 4.80 Å². The number of amides is 1. The second kappa shape index (κ2) is 7.18. The van der Waals surface area contributed by atoms with E-state index >= 15 is 0 Å². The number of pyridine rings is 1. The molecule has 24 heavy (non-hydrogen) atoms. The van der Waals surface area contributed by atoms with Crippen LogP contribution in [-0.4, -0.2) is 31.1 Å². The number of hydrogen-bond acceptors (Lipinski definition) is 5. The van der Waals surface area contributed by atoms with Gasteiger partial charge in [0.05, 0.1) is 12.2 Å². The van der Waals surface area contributed by atoms with Crippen LogP contribution in [0.4, 0.5) is 0 Å². The van der Waals surface area contributed by atoms with Crippen LogP contribution in [0.25, 0.3) is 11.4 Å². The van der Waals surface area contributed by atoms with E-state index in [1.165, 1.54) is 4.80 Å². The van der Waals surface area contributed by atoms with Crippen molar-refractivity contribution in [3.8, 4) is 11.4 Å².